The van der Waals surface area contributed by atoms with Gasteiger partial charge in [-0.15, -0.1) is 0 Å². The number of hydrogen-bond donors (Lipinski definition) is 1. The lowest BCUT2D eigenvalue weighted by Gasteiger charge is -2.31. The van der Waals surface area contributed by atoms with Gasteiger partial charge in [0, 0.05) is 45.7 Å². The Kier molecular flexibility index (Phi) is 4.57. The molecule has 0 radical (unpaired) electrons. The summed E-state index contributed by atoms with van der Waals surface area (Å²) in [5, 5.41) is 13.1. The van der Waals surface area contributed by atoms with E-state index in [2.05, 4.69) is 39.1 Å². The van der Waals surface area contributed by atoms with Gasteiger partial charge in [0.15, 0.2) is 0 Å². The number of hydrogen-bond acceptors (Lipinski definition) is 5. The summed E-state index contributed by atoms with van der Waals surface area (Å²) in [5.41, 5.74) is 3.27. The molecule has 1 unspecified atom stereocenters. The van der Waals surface area contributed by atoms with E-state index in [1.165, 1.54) is 10.9 Å². The van der Waals surface area contributed by atoms with Gasteiger partial charge in [-0.05, 0) is 22.4 Å². The van der Waals surface area contributed by atoms with Crippen molar-refractivity contribution in [1.82, 2.24) is 14.9 Å². The standard InChI is InChI=1S/C21H24N4O/c1-24(2)21-18-12-25(10-9-19(18)22-14-23-21)13-20(26)17-8-7-15-5-3-4-6-16(15)11-17/h3-8,11,14,20,26H,9-10,12-13H2,1-2H3. The predicted octanol–water partition coefficient (Wildman–Crippen LogP) is 2.79. The molecule has 0 amide bonds. The summed E-state index contributed by atoms with van der Waals surface area (Å²) in [7, 11) is 4.01. The molecule has 5 heteroatoms. The predicted molar refractivity (Wildman–Crippen MR) is 104 cm³/mol. The number of nitrogens with zero attached hydrogens (tertiary/aromatic N) is 4. The van der Waals surface area contributed by atoms with Crippen molar-refractivity contribution in [2.45, 2.75) is 19.1 Å². The van der Waals surface area contributed by atoms with Gasteiger partial charge in [0.25, 0.3) is 0 Å². The minimum Gasteiger partial charge on any atom is -0.387 e. The van der Waals surface area contributed by atoms with Gasteiger partial charge in [-0.3, -0.25) is 4.90 Å². The Morgan fingerprint density at radius 1 is 1.12 bits per heavy atom. The summed E-state index contributed by atoms with van der Waals surface area (Å²) in [6.07, 6.45) is 2.03. The number of aliphatic hydroxyl groups is 1. The lowest BCUT2D eigenvalue weighted by Crippen LogP contribution is -2.35. The fraction of sp³-hybridized carbons (Fsp3) is 0.333. The fourth-order valence-electron chi connectivity index (χ4n) is 3.69. The van der Waals surface area contributed by atoms with Crippen LogP contribution in [0.5, 0.6) is 0 Å². The minimum atomic E-state index is -0.506. The molecule has 0 aliphatic carbocycles. The van der Waals surface area contributed by atoms with Gasteiger partial charge in [-0.2, -0.15) is 0 Å². The van der Waals surface area contributed by atoms with E-state index in [0.29, 0.717) is 6.54 Å². The van der Waals surface area contributed by atoms with Gasteiger partial charge in [0.2, 0.25) is 0 Å². The van der Waals surface area contributed by atoms with Crippen molar-refractivity contribution in [3.63, 3.8) is 0 Å². The Labute approximate surface area is 153 Å². The van der Waals surface area contributed by atoms with Crippen molar-refractivity contribution in [2.24, 2.45) is 0 Å². The van der Waals surface area contributed by atoms with Gasteiger partial charge >= 0.3 is 0 Å². The third-order valence-electron chi connectivity index (χ3n) is 5.07. The van der Waals surface area contributed by atoms with E-state index in [1.54, 1.807) is 6.33 Å². The van der Waals surface area contributed by atoms with E-state index in [0.717, 1.165) is 42.0 Å². The highest BCUT2D eigenvalue weighted by Gasteiger charge is 2.23. The lowest BCUT2D eigenvalue weighted by molar-refractivity contribution is 0.105. The molecule has 5 nitrogen and oxygen atoms in total. The average molecular weight is 348 g/mol. The highest BCUT2D eigenvalue weighted by molar-refractivity contribution is 5.83. The van der Waals surface area contributed by atoms with Crippen molar-refractivity contribution < 1.29 is 5.11 Å². The molecule has 1 aromatic heterocycles. The number of aliphatic hydroxyl groups excluding tert-OH is 1. The van der Waals surface area contributed by atoms with Crippen molar-refractivity contribution in [3.05, 3.63) is 65.6 Å². The largest absolute Gasteiger partial charge is 0.387 e. The maximum Gasteiger partial charge on any atom is 0.136 e. The first-order valence-electron chi connectivity index (χ1n) is 9.01. The summed E-state index contributed by atoms with van der Waals surface area (Å²) >= 11 is 0. The summed E-state index contributed by atoms with van der Waals surface area (Å²) in [5.74, 6) is 0.972. The summed E-state index contributed by atoms with van der Waals surface area (Å²) < 4.78 is 0. The molecular weight excluding hydrogens is 324 g/mol. The van der Waals surface area contributed by atoms with Crippen LogP contribution in [0, 0.1) is 0 Å². The first-order chi connectivity index (χ1) is 12.6. The number of fused-ring (bicyclic) bond motifs is 2. The molecule has 0 saturated heterocycles. The fourth-order valence-corrected chi connectivity index (χ4v) is 3.69. The second-order valence-corrected chi connectivity index (χ2v) is 7.12. The van der Waals surface area contributed by atoms with Crippen LogP contribution in [0.15, 0.2) is 48.8 Å². The maximum atomic E-state index is 10.8. The zero-order valence-electron chi connectivity index (χ0n) is 15.3. The van der Waals surface area contributed by atoms with Crippen LogP contribution in [0.25, 0.3) is 10.8 Å². The van der Waals surface area contributed by atoms with Crippen molar-refractivity contribution >= 4 is 16.6 Å². The Balaban J connectivity index is 1.52. The molecule has 4 rings (SSSR count). The number of anilines is 1. The van der Waals surface area contributed by atoms with Gasteiger partial charge < -0.3 is 10.0 Å². The molecular formula is C21H24N4O. The second-order valence-electron chi connectivity index (χ2n) is 7.12. The van der Waals surface area contributed by atoms with Gasteiger partial charge in [-0.25, -0.2) is 9.97 Å². The highest BCUT2D eigenvalue weighted by atomic mass is 16.3. The number of aromatic nitrogens is 2. The van der Waals surface area contributed by atoms with Crippen molar-refractivity contribution in [3.8, 4) is 0 Å². The van der Waals surface area contributed by atoms with E-state index < -0.39 is 6.10 Å². The Bertz CT molecular complexity index is 925. The number of benzene rings is 2. The monoisotopic (exact) mass is 348 g/mol. The molecule has 0 saturated carbocycles. The van der Waals surface area contributed by atoms with E-state index >= 15 is 0 Å². The summed E-state index contributed by atoms with van der Waals surface area (Å²) in [4.78, 5) is 13.2. The van der Waals surface area contributed by atoms with Crippen molar-refractivity contribution in [2.75, 3.05) is 32.1 Å². The molecule has 1 aliphatic heterocycles. The first-order valence-corrected chi connectivity index (χ1v) is 9.01. The maximum absolute atomic E-state index is 10.8. The Morgan fingerprint density at radius 2 is 1.92 bits per heavy atom. The number of rotatable bonds is 4. The third-order valence-corrected chi connectivity index (χ3v) is 5.07. The first kappa shape index (κ1) is 16.9. The van der Waals surface area contributed by atoms with E-state index in [-0.39, 0.29) is 0 Å². The quantitative estimate of drug-likeness (QED) is 0.786. The smallest absolute Gasteiger partial charge is 0.136 e. The van der Waals surface area contributed by atoms with Gasteiger partial charge in [0.1, 0.15) is 12.1 Å². The topological polar surface area (TPSA) is 52.5 Å². The van der Waals surface area contributed by atoms with Crippen LogP contribution in [0.1, 0.15) is 22.9 Å². The molecule has 0 fully saturated rings. The van der Waals surface area contributed by atoms with Gasteiger partial charge in [-0.1, -0.05) is 36.4 Å². The molecule has 2 aromatic carbocycles. The SMILES string of the molecule is CN(C)c1ncnc2c1CN(CC(O)c1ccc3ccccc3c1)CC2. The zero-order valence-corrected chi connectivity index (χ0v) is 15.3. The van der Waals surface area contributed by atoms with Crippen LogP contribution < -0.4 is 4.90 Å². The lowest BCUT2D eigenvalue weighted by atomic mass is 10.0. The molecule has 0 spiro atoms. The van der Waals surface area contributed by atoms with Gasteiger partial charge in [0.05, 0.1) is 11.8 Å². The zero-order chi connectivity index (χ0) is 18.1. The van der Waals surface area contributed by atoms with Crippen LogP contribution in [-0.4, -0.2) is 47.2 Å². The van der Waals surface area contributed by atoms with E-state index in [1.807, 2.05) is 37.2 Å². The second kappa shape index (κ2) is 7.02. The number of β-amino-alcohol motifs (C(OH)–C–C–N with tert-alkyl or cyclic N) is 1. The molecule has 1 N–H and O–H groups in total. The van der Waals surface area contributed by atoms with Crippen LogP contribution in [0.3, 0.4) is 0 Å². The highest BCUT2D eigenvalue weighted by Crippen LogP contribution is 2.27. The molecule has 26 heavy (non-hydrogen) atoms. The van der Waals surface area contributed by atoms with Crippen molar-refractivity contribution in [1.29, 1.82) is 0 Å². The van der Waals surface area contributed by atoms with Crippen LogP contribution >= 0.6 is 0 Å². The van der Waals surface area contributed by atoms with E-state index in [4.69, 9.17) is 0 Å². The summed E-state index contributed by atoms with van der Waals surface area (Å²) in [6.45, 7) is 2.29. The van der Waals surface area contributed by atoms with Crippen LogP contribution in [0.2, 0.25) is 0 Å². The molecule has 3 aromatic rings. The molecule has 2 heterocycles. The third kappa shape index (κ3) is 3.28. The molecule has 1 atom stereocenters. The van der Waals surface area contributed by atoms with E-state index in [9.17, 15) is 5.11 Å². The Morgan fingerprint density at radius 3 is 2.73 bits per heavy atom. The molecule has 1 aliphatic rings. The Hall–Kier alpha value is -2.50. The minimum absolute atomic E-state index is 0.506. The molecule has 0 bridgehead atoms. The summed E-state index contributed by atoms with van der Waals surface area (Å²) in [6, 6.07) is 14.4. The van der Waals surface area contributed by atoms with Crippen LogP contribution in [-0.2, 0) is 13.0 Å². The average Bonchev–Trinajstić information content (AvgIpc) is 2.67. The van der Waals surface area contributed by atoms with Crippen LogP contribution in [0.4, 0.5) is 5.82 Å². The normalized spacial score (nSPS) is 15.7. The molecule has 134 valence electrons.